The molecule has 0 atom stereocenters. The van der Waals surface area contributed by atoms with Crippen LogP contribution < -0.4 is 5.73 Å². The maximum atomic E-state index is 9.68. The second-order valence-electron chi connectivity index (χ2n) is 3.07. The van der Waals surface area contributed by atoms with Crippen molar-refractivity contribution < 1.29 is 4.79 Å². The Morgan fingerprint density at radius 3 is 2.50 bits per heavy atom. The molecule has 3 heteroatoms. The lowest BCUT2D eigenvalue weighted by Crippen LogP contribution is -2.25. The van der Waals surface area contributed by atoms with E-state index in [4.69, 9.17) is 5.73 Å². The van der Waals surface area contributed by atoms with E-state index in [2.05, 4.69) is 17.0 Å². The summed E-state index contributed by atoms with van der Waals surface area (Å²) in [5.74, 6) is 3.29. The smallest absolute Gasteiger partial charge is 0.249 e. The molecular weight excluding hydrogens is 152 g/mol. The van der Waals surface area contributed by atoms with Gasteiger partial charge in [-0.2, -0.15) is 0 Å². The number of hydrogen-bond donors (Lipinski definition) is 1. The predicted molar refractivity (Wildman–Crippen MR) is 45.8 cm³/mol. The van der Waals surface area contributed by atoms with Crippen LogP contribution in [0.1, 0.15) is 25.7 Å². The van der Waals surface area contributed by atoms with Gasteiger partial charge in [-0.3, -0.25) is 0 Å². The summed E-state index contributed by atoms with van der Waals surface area (Å²) in [6, 6.07) is 2.78. The Morgan fingerprint density at radius 2 is 1.92 bits per heavy atom. The Balaban J connectivity index is 2.36. The van der Waals surface area contributed by atoms with Gasteiger partial charge in [0.05, 0.1) is 0 Å². The van der Waals surface area contributed by atoms with Crippen molar-refractivity contribution in [3.63, 3.8) is 0 Å². The average Bonchev–Trinajstić information content (AvgIpc) is 2.09. The lowest BCUT2D eigenvalue weighted by atomic mass is 9.87. The molecule has 0 aromatic heterocycles. The van der Waals surface area contributed by atoms with Gasteiger partial charge in [0.2, 0.25) is 6.08 Å². The highest BCUT2D eigenvalue weighted by Crippen LogP contribution is 2.21. The van der Waals surface area contributed by atoms with E-state index < -0.39 is 0 Å². The van der Waals surface area contributed by atoms with Crippen molar-refractivity contribution in [2.75, 3.05) is 0 Å². The van der Waals surface area contributed by atoms with Crippen LogP contribution in [0.2, 0.25) is 0 Å². The molecule has 64 valence electrons. The van der Waals surface area contributed by atoms with Crippen LogP contribution in [-0.2, 0) is 4.79 Å². The molecule has 1 aliphatic rings. The van der Waals surface area contributed by atoms with Gasteiger partial charge in [-0.25, -0.2) is 4.79 Å². The van der Waals surface area contributed by atoms with E-state index in [1.807, 2.05) is 0 Å². The van der Waals surface area contributed by atoms with Crippen LogP contribution in [0.25, 0.3) is 0 Å². The topological polar surface area (TPSA) is 55.4 Å². The molecule has 0 aromatic rings. The summed E-state index contributed by atoms with van der Waals surface area (Å²) in [6.07, 6.45) is 5.52. The summed E-state index contributed by atoms with van der Waals surface area (Å²) in [4.78, 5) is 12.9. The Morgan fingerprint density at radius 1 is 1.25 bits per heavy atom. The van der Waals surface area contributed by atoms with E-state index in [-0.39, 0.29) is 0 Å². The molecule has 0 bridgehead atoms. The van der Waals surface area contributed by atoms with Crippen LogP contribution >= 0.6 is 0 Å². The minimum absolute atomic E-state index is 0.345. The fraction of sp³-hybridized carbons (Fsp3) is 0.667. The average molecular weight is 164 g/mol. The second-order valence-corrected chi connectivity index (χ2v) is 3.07. The SMILES string of the molecule is NC1CCC(C#CN=C=O)CC1. The first-order valence-corrected chi connectivity index (χ1v) is 4.16. The molecule has 0 radical (unpaired) electrons. The number of carbonyl (C=O) groups excluding carboxylic acids is 1. The molecule has 0 aliphatic heterocycles. The summed E-state index contributed by atoms with van der Waals surface area (Å²) in [7, 11) is 0. The van der Waals surface area contributed by atoms with Crippen LogP contribution in [0.15, 0.2) is 4.99 Å². The first-order chi connectivity index (χ1) is 5.83. The standard InChI is InChI=1S/C9H12N2O/c10-9-3-1-8(2-4-9)5-6-11-7-12/h8-9H,1-4,10H2. The number of nitrogens with two attached hydrogens (primary N) is 1. The minimum Gasteiger partial charge on any atom is -0.328 e. The van der Waals surface area contributed by atoms with Crippen LogP contribution in [-0.4, -0.2) is 12.1 Å². The molecule has 1 rings (SSSR count). The van der Waals surface area contributed by atoms with Gasteiger partial charge >= 0.3 is 0 Å². The maximum Gasteiger partial charge on any atom is 0.249 e. The summed E-state index contributed by atoms with van der Waals surface area (Å²) in [5, 5.41) is 0. The van der Waals surface area contributed by atoms with E-state index in [0.717, 1.165) is 25.7 Å². The van der Waals surface area contributed by atoms with E-state index in [9.17, 15) is 4.79 Å². The molecule has 0 amide bonds. The minimum atomic E-state index is 0.345. The highest BCUT2D eigenvalue weighted by atomic mass is 16.1. The van der Waals surface area contributed by atoms with Gasteiger partial charge < -0.3 is 5.73 Å². The Labute approximate surface area is 72.0 Å². The first-order valence-electron chi connectivity index (χ1n) is 4.16. The van der Waals surface area contributed by atoms with Gasteiger partial charge in [0.15, 0.2) is 0 Å². The number of nitrogens with zero attached hydrogens (tertiary/aromatic N) is 1. The molecule has 0 saturated heterocycles. The zero-order chi connectivity index (χ0) is 8.81. The molecule has 3 nitrogen and oxygen atoms in total. The number of aliphatic imine (C=N–C) groups is 1. The predicted octanol–water partition coefficient (Wildman–Crippen LogP) is 0.801. The Hall–Kier alpha value is -1.10. The lowest BCUT2D eigenvalue weighted by molar-refractivity contribution is 0.384. The van der Waals surface area contributed by atoms with Crippen molar-refractivity contribution in [1.82, 2.24) is 0 Å². The third kappa shape index (κ3) is 2.87. The van der Waals surface area contributed by atoms with Crippen LogP contribution in [0.3, 0.4) is 0 Å². The van der Waals surface area contributed by atoms with Crippen molar-refractivity contribution in [3.05, 3.63) is 0 Å². The Bertz CT molecular complexity index is 237. The lowest BCUT2D eigenvalue weighted by Gasteiger charge is -2.21. The highest BCUT2D eigenvalue weighted by molar-refractivity contribution is 5.36. The molecule has 1 fully saturated rings. The molecule has 0 heterocycles. The number of isocyanates is 1. The van der Waals surface area contributed by atoms with E-state index in [1.165, 1.54) is 6.08 Å². The van der Waals surface area contributed by atoms with Gasteiger partial charge in [0, 0.05) is 18.0 Å². The summed E-state index contributed by atoms with van der Waals surface area (Å²) in [5.41, 5.74) is 5.72. The molecular formula is C9H12N2O. The van der Waals surface area contributed by atoms with Crippen LogP contribution in [0, 0.1) is 17.9 Å². The summed E-state index contributed by atoms with van der Waals surface area (Å²) in [6.45, 7) is 0. The molecule has 1 aliphatic carbocycles. The fourth-order valence-electron chi connectivity index (χ4n) is 1.41. The molecule has 2 N–H and O–H groups in total. The quantitative estimate of drug-likeness (QED) is 0.327. The van der Waals surface area contributed by atoms with Gasteiger partial charge in [-0.15, -0.1) is 4.99 Å². The number of hydrogen-bond acceptors (Lipinski definition) is 3. The Kier molecular flexibility index (Phi) is 3.53. The van der Waals surface area contributed by atoms with E-state index in [0.29, 0.717) is 12.0 Å². The molecule has 0 aromatic carbocycles. The zero-order valence-corrected chi connectivity index (χ0v) is 6.92. The van der Waals surface area contributed by atoms with Crippen molar-refractivity contribution in [3.8, 4) is 12.0 Å². The summed E-state index contributed by atoms with van der Waals surface area (Å²) < 4.78 is 0. The third-order valence-corrected chi connectivity index (χ3v) is 2.14. The second kappa shape index (κ2) is 4.71. The van der Waals surface area contributed by atoms with Crippen molar-refractivity contribution in [1.29, 1.82) is 0 Å². The van der Waals surface area contributed by atoms with Crippen LogP contribution in [0.5, 0.6) is 0 Å². The van der Waals surface area contributed by atoms with E-state index >= 15 is 0 Å². The highest BCUT2D eigenvalue weighted by Gasteiger charge is 2.16. The summed E-state index contributed by atoms with van der Waals surface area (Å²) >= 11 is 0. The molecule has 12 heavy (non-hydrogen) atoms. The van der Waals surface area contributed by atoms with Crippen molar-refractivity contribution in [2.45, 2.75) is 31.7 Å². The van der Waals surface area contributed by atoms with Crippen molar-refractivity contribution in [2.24, 2.45) is 16.6 Å². The van der Waals surface area contributed by atoms with Gasteiger partial charge in [0.1, 0.15) is 0 Å². The van der Waals surface area contributed by atoms with Gasteiger partial charge in [-0.1, -0.05) is 5.92 Å². The van der Waals surface area contributed by atoms with Gasteiger partial charge in [-0.05, 0) is 25.7 Å². The molecule has 0 unspecified atom stereocenters. The normalized spacial score (nSPS) is 28.1. The third-order valence-electron chi connectivity index (χ3n) is 2.14. The molecule has 0 spiro atoms. The van der Waals surface area contributed by atoms with E-state index in [1.54, 1.807) is 0 Å². The molecule has 1 saturated carbocycles. The fourth-order valence-corrected chi connectivity index (χ4v) is 1.41. The monoisotopic (exact) mass is 164 g/mol. The number of rotatable bonds is 0. The van der Waals surface area contributed by atoms with Crippen LogP contribution in [0.4, 0.5) is 0 Å². The van der Waals surface area contributed by atoms with Crippen molar-refractivity contribution >= 4 is 6.08 Å². The largest absolute Gasteiger partial charge is 0.328 e. The first kappa shape index (κ1) is 8.99. The van der Waals surface area contributed by atoms with Gasteiger partial charge in [0.25, 0.3) is 0 Å². The maximum absolute atomic E-state index is 9.68. The zero-order valence-electron chi connectivity index (χ0n) is 6.92.